The number of rotatable bonds is 7. The molecular weight excluding hydrogens is 540 g/mol. The number of carbonyl (C=O) groups excluding carboxylic acids is 2. The van der Waals surface area contributed by atoms with Crippen LogP contribution in [0.25, 0.3) is 0 Å². The lowest BCUT2D eigenvalue weighted by atomic mass is 9.83. The average Bonchev–Trinajstić information content (AvgIpc) is 2.67. The molecule has 0 saturated carbocycles. The molecule has 4 N–H and O–H groups in total. The van der Waals surface area contributed by atoms with Crippen molar-refractivity contribution in [1.82, 2.24) is 8.25 Å². The van der Waals surface area contributed by atoms with Gasteiger partial charge in [-0.2, -0.15) is 16.8 Å². The molecule has 0 atom stereocenters. The third kappa shape index (κ3) is 4.93. The second-order valence-corrected chi connectivity index (χ2v) is 12.9. The maximum atomic E-state index is 13.2. The molecule has 0 spiro atoms. The first-order valence-electron chi connectivity index (χ1n) is 8.79. The van der Waals surface area contributed by atoms with Crippen LogP contribution in [-0.4, -0.2) is 54.3 Å². The van der Waals surface area contributed by atoms with Gasteiger partial charge in [0, 0.05) is 16.7 Å². The summed E-state index contributed by atoms with van der Waals surface area (Å²) in [4.78, 5) is 24.6. The number of nitrogens with one attached hydrogen (secondary N) is 2. The van der Waals surface area contributed by atoms with Gasteiger partial charge in [0.05, 0.1) is 15.4 Å². The predicted molar refractivity (Wildman–Crippen MR) is 113 cm³/mol. The topological polar surface area (TPSA) is 235 Å². The lowest BCUT2D eigenvalue weighted by Gasteiger charge is -2.22. The normalized spacial score (nSPS) is 14.6. The summed E-state index contributed by atoms with van der Waals surface area (Å²) < 4.78 is 114. The Bertz CT molecular complexity index is 1690. The zero-order valence-corrected chi connectivity index (χ0v) is 20.0. The molecule has 0 aliphatic heterocycles. The Morgan fingerprint density at radius 1 is 0.706 bits per heavy atom. The molecule has 1 aliphatic carbocycles. The Labute approximate surface area is 193 Å². The van der Waals surface area contributed by atoms with Crippen LogP contribution in [0.5, 0.6) is 0 Å². The predicted octanol–water partition coefficient (Wildman–Crippen LogP) is -0.813. The van der Waals surface area contributed by atoms with Crippen molar-refractivity contribution in [1.29, 1.82) is 0 Å². The van der Waals surface area contributed by atoms with E-state index >= 15 is 0 Å². The maximum absolute atomic E-state index is 13.2. The second-order valence-electron chi connectivity index (χ2n) is 6.82. The van der Waals surface area contributed by atoms with E-state index in [0.717, 1.165) is 32.5 Å². The number of hydrogen-bond acceptors (Lipinski definition) is 10. The molecule has 3 rings (SSSR count). The van der Waals surface area contributed by atoms with Crippen molar-refractivity contribution in [3.63, 3.8) is 0 Å². The van der Waals surface area contributed by atoms with Crippen LogP contribution >= 0.6 is 0 Å². The van der Waals surface area contributed by atoms with Gasteiger partial charge in [-0.1, -0.05) is 21.2 Å². The number of aryl methyl sites for hydroxylation is 1. The maximum Gasteiger partial charge on any atom is 0.346 e. The van der Waals surface area contributed by atoms with E-state index in [1.807, 2.05) is 0 Å². The quantitative estimate of drug-likeness (QED) is 0.262. The average molecular weight is 555 g/mol. The molecule has 14 nitrogen and oxygen atoms in total. The van der Waals surface area contributed by atoms with Crippen LogP contribution in [-0.2, 0) is 47.1 Å². The standard InChI is InChI=1S/C16H14N2O12S4/c1-2-8-3-5-11-13(16(8)32(23,24)18-34(28,29)30)15(20)10-6-4-9(7-12(10)14(11)19)31(21,22)17-33(25,26)27/h3-7,17-18H,2H2,1H3,(H,25,26,27)(H,28,29,30). The molecule has 0 heterocycles. The third-order valence-corrected chi connectivity index (χ3v) is 9.90. The zero-order chi connectivity index (χ0) is 25.9. The Morgan fingerprint density at radius 2 is 1.24 bits per heavy atom. The summed E-state index contributed by atoms with van der Waals surface area (Å²) in [5.74, 6) is -2.11. The van der Waals surface area contributed by atoms with Gasteiger partial charge in [-0.25, -0.2) is 16.8 Å². The van der Waals surface area contributed by atoms with E-state index in [1.54, 1.807) is 0 Å². The van der Waals surface area contributed by atoms with E-state index in [-0.39, 0.29) is 12.0 Å². The minimum Gasteiger partial charge on any atom is -0.289 e. The highest BCUT2D eigenvalue weighted by atomic mass is 32.3. The van der Waals surface area contributed by atoms with Gasteiger partial charge in [0.15, 0.2) is 11.6 Å². The van der Waals surface area contributed by atoms with Crippen molar-refractivity contribution in [3.05, 3.63) is 58.1 Å². The first kappa shape index (κ1) is 26.0. The number of hydrogen-bond donors (Lipinski definition) is 4. The van der Waals surface area contributed by atoms with Gasteiger partial charge in [-0.15, -0.1) is 0 Å². The summed E-state index contributed by atoms with van der Waals surface area (Å²) in [5.41, 5.74) is -2.25. The van der Waals surface area contributed by atoms with Crippen LogP contribution in [0.3, 0.4) is 0 Å². The molecule has 0 aromatic heterocycles. The molecule has 0 unspecified atom stereocenters. The van der Waals surface area contributed by atoms with Crippen LogP contribution in [0.4, 0.5) is 0 Å². The lowest BCUT2D eigenvalue weighted by Crippen LogP contribution is -2.34. The first-order chi connectivity index (χ1) is 15.4. The summed E-state index contributed by atoms with van der Waals surface area (Å²) in [7, 11) is -20.4. The van der Waals surface area contributed by atoms with Crippen LogP contribution in [0.1, 0.15) is 44.3 Å². The molecule has 0 bridgehead atoms. The van der Waals surface area contributed by atoms with Gasteiger partial charge in [0.2, 0.25) is 0 Å². The van der Waals surface area contributed by atoms with Crippen molar-refractivity contribution >= 4 is 52.2 Å². The Balaban J connectivity index is 2.28. The van der Waals surface area contributed by atoms with Crippen molar-refractivity contribution < 1.29 is 52.4 Å². The highest BCUT2D eigenvalue weighted by Crippen LogP contribution is 2.35. The Hall–Kier alpha value is -2.58. The van der Waals surface area contributed by atoms with Crippen LogP contribution in [0, 0.1) is 0 Å². The number of ketones is 2. The van der Waals surface area contributed by atoms with E-state index in [2.05, 4.69) is 0 Å². The largest absolute Gasteiger partial charge is 0.346 e. The van der Waals surface area contributed by atoms with E-state index in [4.69, 9.17) is 9.11 Å². The minimum absolute atomic E-state index is 0.0260. The summed E-state index contributed by atoms with van der Waals surface area (Å²) >= 11 is 0. The summed E-state index contributed by atoms with van der Waals surface area (Å²) in [5, 5.41) is 0. The summed E-state index contributed by atoms with van der Waals surface area (Å²) in [6, 6.07) is 4.43. The Kier molecular flexibility index (Phi) is 6.33. The van der Waals surface area contributed by atoms with Crippen LogP contribution < -0.4 is 8.25 Å². The molecule has 2 aromatic carbocycles. The van der Waals surface area contributed by atoms with Crippen molar-refractivity contribution in [2.24, 2.45) is 0 Å². The van der Waals surface area contributed by atoms with Gasteiger partial charge in [-0.3, -0.25) is 18.7 Å². The van der Waals surface area contributed by atoms with Crippen molar-refractivity contribution in [3.8, 4) is 0 Å². The molecule has 34 heavy (non-hydrogen) atoms. The molecule has 184 valence electrons. The van der Waals surface area contributed by atoms with Gasteiger partial charge in [0.1, 0.15) is 0 Å². The molecule has 1 aliphatic rings. The van der Waals surface area contributed by atoms with E-state index in [0.29, 0.717) is 6.07 Å². The molecule has 0 amide bonds. The van der Waals surface area contributed by atoms with E-state index in [1.165, 1.54) is 6.92 Å². The van der Waals surface area contributed by atoms with Gasteiger partial charge >= 0.3 is 20.6 Å². The number of benzene rings is 2. The first-order valence-corrected chi connectivity index (χ1v) is 14.6. The smallest absolute Gasteiger partial charge is 0.289 e. The summed E-state index contributed by atoms with van der Waals surface area (Å²) in [6.45, 7) is 1.48. The summed E-state index contributed by atoms with van der Waals surface area (Å²) in [6.07, 6.45) is -0.0260. The fourth-order valence-electron chi connectivity index (χ4n) is 3.35. The third-order valence-electron chi connectivity index (χ3n) is 4.58. The molecule has 18 heteroatoms. The molecule has 0 radical (unpaired) electrons. The SMILES string of the molecule is CCc1ccc2c(c1S(=O)(=O)NS(=O)(=O)O)C(=O)c1ccc(S(=O)(=O)NS(=O)(=O)O)cc1C2=O. The van der Waals surface area contributed by atoms with E-state index in [9.17, 15) is 43.3 Å². The monoisotopic (exact) mass is 554 g/mol. The van der Waals surface area contributed by atoms with Crippen LogP contribution in [0.2, 0.25) is 0 Å². The lowest BCUT2D eigenvalue weighted by molar-refractivity contribution is 0.0976. The highest BCUT2D eigenvalue weighted by molar-refractivity contribution is 8.02. The zero-order valence-electron chi connectivity index (χ0n) is 16.7. The number of carbonyl (C=O) groups is 2. The molecule has 0 fully saturated rings. The molecule has 2 aromatic rings. The fourth-order valence-corrected chi connectivity index (χ4v) is 7.83. The fraction of sp³-hybridized carbons (Fsp3) is 0.125. The number of fused-ring (bicyclic) bond motifs is 2. The van der Waals surface area contributed by atoms with Gasteiger partial charge < -0.3 is 0 Å². The van der Waals surface area contributed by atoms with Gasteiger partial charge in [0.25, 0.3) is 20.0 Å². The van der Waals surface area contributed by atoms with E-state index < -0.39 is 84.3 Å². The number of sulfonamides is 2. The van der Waals surface area contributed by atoms with Gasteiger partial charge in [-0.05, 0) is 36.2 Å². The molecule has 0 saturated heterocycles. The molecular formula is C16H14N2O12S4. The van der Waals surface area contributed by atoms with Crippen molar-refractivity contribution in [2.75, 3.05) is 0 Å². The second kappa shape index (κ2) is 8.27. The van der Waals surface area contributed by atoms with Crippen LogP contribution in [0.15, 0.2) is 40.1 Å². The highest BCUT2D eigenvalue weighted by Gasteiger charge is 2.38. The Morgan fingerprint density at radius 3 is 1.76 bits per heavy atom. The minimum atomic E-state index is -5.29. The van der Waals surface area contributed by atoms with Crippen molar-refractivity contribution in [2.45, 2.75) is 23.1 Å².